The van der Waals surface area contributed by atoms with Gasteiger partial charge in [0.15, 0.2) is 0 Å². The summed E-state index contributed by atoms with van der Waals surface area (Å²) in [6.45, 7) is 9.36. The molecule has 0 aliphatic rings. The number of carbonyl (C=O) groups is 1. The van der Waals surface area contributed by atoms with Gasteiger partial charge in [-0.05, 0) is 19.1 Å². The van der Waals surface area contributed by atoms with E-state index in [1.807, 2.05) is 27.7 Å². The Labute approximate surface area is 103 Å². The third-order valence-electron chi connectivity index (χ3n) is 1.47. The lowest BCUT2D eigenvalue weighted by Gasteiger charge is -1.95. The van der Waals surface area contributed by atoms with E-state index in [0.29, 0.717) is 10.6 Å². The maximum atomic E-state index is 12.5. The minimum absolute atomic E-state index is 0.204. The molecule has 3 heteroatoms. The second-order valence-electron chi connectivity index (χ2n) is 3.23. The zero-order valence-corrected chi connectivity index (χ0v) is 11.3. The molecular weight excluding hydrogens is 227 g/mol. The maximum Gasteiger partial charge on any atom is 0.127 e. The Kier molecular flexibility index (Phi) is 11.6. The number of rotatable bonds is 1. The molecule has 0 N–H and O–H groups in total. The lowest BCUT2D eigenvalue weighted by atomic mass is 10.2. The van der Waals surface area contributed by atoms with Crippen LogP contribution in [0, 0.1) is 18.7 Å². The molecule has 0 bridgehead atoms. The first-order valence-corrected chi connectivity index (χ1v) is 5.72. The summed E-state index contributed by atoms with van der Waals surface area (Å²) in [7, 11) is 0. The van der Waals surface area contributed by atoms with E-state index in [4.69, 9.17) is 11.6 Å². The van der Waals surface area contributed by atoms with Crippen molar-refractivity contribution >= 4 is 17.9 Å². The highest BCUT2D eigenvalue weighted by atomic mass is 35.5. The first-order chi connectivity index (χ1) is 7.49. The van der Waals surface area contributed by atoms with E-state index in [2.05, 4.69) is 0 Å². The number of carbonyl (C=O) groups excluding carboxylic acids is 1. The van der Waals surface area contributed by atoms with Crippen LogP contribution in [0.4, 0.5) is 4.39 Å². The molecule has 0 aliphatic heterocycles. The standard InChI is InChI=1S/C7H6ClF.C4H8O.C2H6/c1-5-6(8)3-2-4-7(5)9;1-4(2)3-5;1-2/h2-4H,1H3;3-4H,1-2H3;1-2H3. The molecule has 1 aromatic carbocycles. The Hall–Kier alpha value is -0.890. The van der Waals surface area contributed by atoms with Crippen molar-refractivity contribution in [1.29, 1.82) is 0 Å². The molecule has 0 fully saturated rings. The fraction of sp³-hybridized carbons (Fsp3) is 0.462. The van der Waals surface area contributed by atoms with Crippen LogP contribution < -0.4 is 0 Å². The summed E-state index contributed by atoms with van der Waals surface area (Å²) < 4.78 is 12.5. The molecule has 1 aromatic rings. The number of hydrogen-bond acceptors (Lipinski definition) is 1. The van der Waals surface area contributed by atoms with Crippen LogP contribution in [0.1, 0.15) is 33.3 Å². The maximum absolute atomic E-state index is 12.5. The van der Waals surface area contributed by atoms with Crippen LogP contribution in [0.3, 0.4) is 0 Å². The second-order valence-corrected chi connectivity index (χ2v) is 3.63. The average molecular weight is 247 g/mol. The Morgan fingerprint density at radius 3 is 2.00 bits per heavy atom. The van der Waals surface area contributed by atoms with Crippen molar-refractivity contribution < 1.29 is 9.18 Å². The van der Waals surface area contributed by atoms with E-state index in [0.717, 1.165) is 6.29 Å². The predicted octanol–water partition coefficient (Wildman–Crippen LogP) is 4.66. The number of hydrogen-bond donors (Lipinski definition) is 0. The smallest absolute Gasteiger partial charge is 0.127 e. The SMILES string of the molecule is CC.CC(C)C=O.Cc1c(F)cccc1Cl. The van der Waals surface area contributed by atoms with Crippen molar-refractivity contribution in [3.05, 3.63) is 34.6 Å². The van der Waals surface area contributed by atoms with Gasteiger partial charge >= 0.3 is 0 Å². The molecule has 0 unspecified atom stereocenters. The van der Waals surface area contributed by atoms with Crippen molar-refractivity contribution in [1.82, 2.24) is 0 Å². The van der Waals surface area contributed by atoms with E-state index in [1.165, 1.54) is 6.07 Å². The molecule has 0 aliphatic carbocycles. The summed E-state index contributed by atoms with van der Waals surface area (Å²) in [4.78, 5) is 9.50. The molecule has 0 saturated carbocycles. The summed E-state index contributed by atoms with van der Waals surface area (Å²) in [5.41, 5.74) is 0.513. The fourth-order valence-corrected chi connectivity index (χ4v) is 0.744. The van der Waals surface area contributed by atoms with Crippen LogP contribution in [0.15, 0.2) is 18.2 Å². The normalized spacial score (nSPS) is 8.50. The van der Waals surface area contributed by atoms with Gasteiger partial charge in [0.2, 0.25) is 0 Å². The van der Waals surface area contributed by atoms with E-state index in [9.17, 15) is 9.18 Å². The minimum atomic E-state index is -0.248. The quantitative estimate of drug-likeness (QED) is 0.659. The molecule has 0 aromatic heterocycles. The van der Waals surface area contributed by atoms with Crippen LogP contribution in [0.2, 0.25) is 5.02 Å². The number of benzene rings is 1. The molecule has 92 valence electrons. The van der Waals surface area contributed by atoms with E-state index in [1.54, 1.807) is 19.1 Å². The van der Waals surface area contributed by atoms with Crippen LogP contribution in [0.25, 0.3) is 0 Å². The van der Waals surface area contributed by atoms with Gasteiger partial charge in [-0.25, -0.2) is 4.39 Å². The summed E-state index contributed by atoms with van der Waals surface area (Å²) in [5, 5.41) is 0.481. The van der Waals surface area contributed by atoms with Gasteiger partial charge in [-0.1, -0.05) is 45.4 Å². The Morgan fingerprint density at radius 1 is 1.31 bits per heavy atom. The second kappa shape index (κ2) is 10.6. The van der Waals surface area contributed by atoms with Crippen molar-refractivity contribution in [2.75, 3.05) is 0 Å². The van der Waals surface area contributed by atoms with Gasteiger partial charge in [-0.3, -0.25) is 0 Å². The molecule has 16 heavy (non-hydrogen) atoms. The lowest BCUT2D eigenvalue weighted by Crippen LogP contribution is -1.82. The third-order valence-corrected chi connectivity index (χ3v) is 1.88. The highest BCUT2D eigenvalue weighted by Crippen LogP contribution is 2.16. The van der Waals surface area contributed by atoms with Crippen molar-refractivity contribution in [2.24, 2.45) is 5.92 Å². The zero-order chi connectivity index (χ0) is 13.1. The van der Waals surface area contributed by atoms with Gasteiger partial charge < -0.3 is 4.79 Å². The number of aldehydes is 1. The van der Waals surface area contributed by atoms with Gasteiger partial charge in [0.1, 0.15) is 12.1 Å². The Balaban J connectivity index is 0. The molecule has 1 rings (SSSR count). The van der Waals surface area contributed by atoms with E-state index in [-0.39, 0.29) is 11.7 Å². The minimum Gasteiger partial charge on any atom is -0.303 e. The molecule has 0 amide bonds. The van der Waals surface area contributed by atoms with Crippen LogP contribution in [-0.2, 0) is 4.79 Å². The van der Waals surface area contributed by atoms with Gasteiger partial charge in [0.05, 0.1) is 0 Å². The molecule has 0 saturated heterocycles. The molecule has 0 atom stereocenters. The van der Waals surface area contributed by atoms with E-state index >= 15 is 0 Å². The van der Waals surface area contributed by atoms with Crippen LogP contribution >= 0.6 is 11.6 Å². The third kappa shape index (κ3) is 8.42. The summed E-state index contributed by atoms with van der Waals surface area (Å²) in [5.74, 6) is -0.0440. The first-order valence-electron chi connectivity index (χ1n) is 5.35. The summed E-state index contributed by atoms with van der Waals surface area (Å²) >= 11 is 5.57. The average Bonchev–Trinajstić information content (AvgIpc) is 2.29. The van der Waals surface area contributed by atoms with Gasteiger partial charge in [0.25, 0.3) is 0 Å². The van der Waals surface area contributed by atoms with Crippen LogP contribution in [0.5, 0.6) is 0 Å². The van der Waals surface area contributed by atoms with Crippen LogP contribution in [-0.4, -0.2) is 6.29 Å². The summed E-state index contributed by atoms with van der Waals surface area (Å²) in [6, 6.07) is 4.64. The molecule has 0 spiro atoms. The topological polar surface area (TPSA) is 17.1 Å². The molecule has 0 radical (unpaired) electrons. The van der Waals surface area contributed by atoms with Crippen molar-refractivity contribution in [3.63, 3.8) is 0 Å². The predicted molar refractivity (Wildman–Crippen MR) is 68.4 cm³/mol. The van der Waals surface area contributed by atoms with Gasteiger partial charge in [-0.2, -0.15) is 0 Å². The number of halogens is 2. The van der Waals surface area contributed by atoms with E-state index < -0.39 is 0 Å². The van der Waals surface area contributed by atoms with Crippen molar-refractivity contribution in [2.45, 2.75) is 34.6 Å². The van der Waals surface area contributed by atoms with Crippen molar-refractivity contribution in [3.8, 4) is 0 Å². The Morgan fingerprint density at radius 2 is 1.75 bits per heavy atom. The molecule has 1 nitrogen and oxygen atoms in total. The van der Waals surface area contributed by atoms with Gasteiger partial charge in [0, 0.05) is 16.5 Å². The highest BCUT2D eigenvalue weighted by Gasteiger charge is 1.97. The first kappa shape index (κ1) is 17.5. The fourth-order valence-electron chi connectivity index (χ4n) is 0.581. The molecule has 0 heterocycles. The Bertz CT molecular complexity index is 278. The van der Waals surface area contributed by atoms with Gasteiger partial charge in [-0.15, -0.1) is 0 Å². The lowest BCUT2D eigenvalue weighted by molar-refractivity contribution is -0.110. The summed E-state index contributed by atoms with van der Waals surface area (Å²) in [6.07, 6.45) is 0.917. The monoisotopic (exact) mass is 246 g/mol. The molecular formula is C13H20ClFO. The highest BCUT2D eigenvalue weighted by molar-refractivity contribution is 6.31. The largest absolute Gasteiger partial charge is 0.303 e. The zero-order valence-electron chi connectivity index (χ0n) is 10.6.